The maximum Gasteiger partial charge on any atom is 0.410 e. The highest BCUT2D eigenvalue weighted by molar-refractivity contribution is 5.69. The van der Waals surface area contributed by atoms with E-state index in [-0.39, 0.29) is 18.6 Å². The van der Waals surface area contributed by atoms with Crippen LogP contribution in [-0.2, 0) is 16.0 Å². The zero-order valence-corrected chi connectivity index (χ0v) is 18.2. The van der Waals surface area contributed by atoms with E-state index in [9.17, 15) is 9.59 Å². The Morgan fingerprint density at radius 3 is 2.53 bits per heavy atom. The highest BCUT2D eigenvalue weighted by Crippen LogP contribution is 2.28. The van der Waals surface area contributed by atoms with Crippen molar-refractivity contribution in [3.8, 4) is 11.1 Å². The van der Waals surface area contributed by atoms with Crippen molar-refractivity contribution >= 4 is 12.1 Å². The number of carbonyl (C=O) groups excluding carboxylic acids is 1. The molecule has 0 bridgehead atoms. The second-order valence-corrected chi connectivity index (χ2v) is 8.95. The summed E-state index contributed by atoms with van der Waals surface area (Å²) in [4.78, 5) is 24.8. The molecule has 0 radical (unpaired) electrons. The molecule has 1 aliphatic heterocycles. The third kappa shape index (κ3) is 5.62. The smallest absolute Gasteiger partial charge is 0.410 e. The molecule has 2 aromatic rings. The molecule has 1 N–H and O–H groups in total. The Bertz CT molecular complexity index is 905. The summed E-state index contributed by atoms with van der Waals surface area (Å²) >= 11 is 0. The Labute approximate surface area is 177 Å². The molecule has 30 heavy (non-hydrogen) atoms. The van der Waals surface area contributed by atoms with E-state index in [4.69, 9.17) is 9.84 Å². The highest BCUT2D eigenvalue weighted by atomic mass is 16.6. The molecule has 1 amide bonds. The van der Waals surface area contributed by atoms with Crippen molar-refractivity contribution in [1.29, 1.82) is 0 Å². The summed E-state index contributed by atoms with van der Waals surface area (Å²) in [6.45, 7) is 8.99. The number of ether oxygens (including phenoxy) is 1. The van der Waals surface area contributed by atoms with E-state index in [1.165, 1.54) is 0 Å². The van der Waals surface area contributed by atoms with Crippen molar-refractivity contribution in [3.05, 3.63) is 41.7 Å². The molecular formula is C23H31N3O4. The number of aromatic nitrogens is 2. The lowest BCUT2D eigenvalue weighted by atomic mass is 9.99. The summed E-state index contributed by atoms with van der Waals surface area (Å²) in [6.07, 6.45) is 6.04. The van der Waals surface area contributed by atoms with Crippen LogP contribution < -0.4 is 0 Å². The van der Waals surface area contributed by atoms with E-state index in [1.807, 2.05) is 50.7 Å². The van der Waals surface area contributed by atoms with Crippen LogP contribution in [0.15, 0.2) is 30.6 Å². The first kappa shape index (κ1) is 21.9. The average Bonchev–Trinajstić information content (AvgIpc) is 3.15. The van der Waals surface area contributed by atoms with Gasteiger partial charge in [-0.1, -0.05) is 18.2 Å². The van der Waals surface area contributed by atoms with Gasteiger partial charge in [0.15, 0.2) is 0 Å². The number of benzene rings is 1. The molecular weight excluding hydrogens is 382 g/mol. The summed E-state index contributed by atoms with van der Waals surface area (Å²) in [5, 5.41) is 13.4. The van der Waals surface area contributed by atoms with Crippen LogP contribution in [0.3, 0.4) is 0 Å². The van der Waals surface area contributed by atoms with Gasteiger partial charge in [0.2, 0.25) is 0 Å². The quantitative estimate of drug-likeness (QED) is 0.783. The van der Waals surface area contributed by atoms with Crippen LogP contribution >= 0.6 is 0 Å². The first-order valence-corrected chi connectivity index (χ1v) is 10.5. The molecule has 0 spiro atoms. The Hall–Kier alpha value is -2.83. The summed E-state index contributed by atoms with van der Waals surface area (Å²) in [7, 11) is 0. The van der Waals surface area contributed by atoms with Gasteiger partial charge in [0.25, 0.3) is 0 Å². The molecule has 2 heterocycles. The second-order valence-electron chi connectivity index (χ2n) is 8.95. The van der Waals surface area contributed by atoms with Crippen molar-refractivity contribution < 1.29 is 19.4 Å². The number of aliphatic carboxylic acids is 1. The zero-order chi connectivity index (χ0) is 21.9. The van der Waals surface area contributed by atoms with Gasteiger partial charge in [0.1, 0.15) is 5.60 Å². The van der Waals surface area contributed by atoms with E-state index < -0.39 is 11.6 Å². The molecule has 3 rings (SSSR count). The lowest BCUT2D eigenvalue weighted by Gasteiger charge is -2.33. The first-order chi connectivity index (χ1) is 14.1. The number of carboxylic acid groups (broad SMARTS) is 1. The number of rotatable bonds is 5. The number of aryl methyl sites for hydroxylation is 2. The van der Waals surface area contributed by atoms with Gasteiger partial charge in [-0.15, -0.1) is 0 Å². The molecule has 162 valence electrons. The van der Waals surface area contributed by atoms with Gasteiger partial charge in [0, 0.05) is 31.3 Å². The lowest BCUT2D eigenvalue weighted by Crippen LogP contribution is -2.42. The van der Waals surface area contributed by atoms with Gasteiger partial charge in [0.05, 0.1) is 12.2 Å². The largest absolute Gasteiger partial charge is 0.481 e. The van der Waals surface area contributed by atoms with Crippen molar-refractivity contribution in [3.63, 3.8) is 0 Å². The van der Waals surface area contributed by atoms with E-state index in [0.29, 0.717) is 19.5 Å². The predicted molar refractivity (Wildman–Crippen MR) is 114 cm³/mol. The van der Waals surface area contributed by atoms with Crippen molar-refractivity contribution in [2.45, 2.75) is 65.0 Å². The Morgan fingerprint density at radius 1 is 1.23 bits per heavy atom. The summed E-state index contributed by atoms with van der Waals surface area (Å²) in [5.74, 6) is -0.782. The fraction of sp³-hybridized carbons (Fsp3) is 0.522. The number of carboxylic acids is 1. The van der Waals surface area contributed by atoms with Gasteiger partial charge in [-0.3, -0.25) is 9.48 Å². The number of hydrogen-bond donors (Lipinski definition) is 1. The van der Waals surface area contributed by atoms with Crippen LogP contribution in [0.2, 0.25) is 0 Å². The summed E-state index contributed by atoms with van der Waals surface area (Å²) in [5.41, 5.74) is 3.81. The third-order valence-corrected chi connectivity index (χ3v) is 5.32. The minimum Gasteiger partial charge on any atom is -0.481 e. The molecule has 0 unspecified atom stereocenters. The maximum atomic E-state index is 12.2. The number of carbonyl (C=O) groups is 2. The van der Waals surface area contributed by atoms with Crippen LogP contribution in [0.1, 0.15) is 57.2 Å². The van der Waals surface area contributed by atoms with E-state index in [0.717, 1.165) is 35.1 Å². The number of amides is 1. The summed E-state index contributed by atoms with van der Waals surface area (Å²) < 4.78 is 7.46. The topological polar surface area (TPSA) is 84.7 Å². The zero-order valence-electron chi connectivity index (χ0n) is 18.2. The number of likely N-dealkylation sites (tertiary alicyclic amines) is 1. The Balaban J connectivity index is 1.62. The maximum absolute atomic E-state index is 12.2. The van der Waals surface area contributed by atoms with Crippen LogP contribution in [-0.4, -0.2) is 50.5 Å². The molecule has 0 aliphatic carbocycles. The highest BCUT2D eigenvalue weighted by Gasteiger charge is 2.28. The lowest BCUT2D eigenvalue weighted by molar-refractivity contribution is -0.136. The molecule has 1 fully saturated rings. The molecule has 7 heteroatoms. The molecule has 0 atom stereocenters. The van der Waals surface area contributed by atoms with Crippen molar-refractivity contribution in [2.75, 3.05) is 13.1 Å². The summed E-state index contributed by atoms with van der Waals surface area (Å²) in [6, 6.07) is 6.34. The minimum atomic E-state index is -0.782. The molecule has 1 aromatic heterocycles. The van der Waals surface area contributed by atoms with Gasteiger partial charge < -0.3 is 14.7 Å². The van der Waals surface area contributed by atoms with E-state index in [2.05, 4.69) is 17.4 Å². The van der Waals surface area contributed by atoms with Gasteiger partial charge in [-0.2, -0.15) is 5.10 Å². The molecule has 1 aliphatic rings. The normalized spacial score (nSPS) is 15.3. The molecule has 7 nitrogen and oxygen atoms in total. The SMILES string of the molecule is Cc1cc(CCC(=O)O)ccc1-c1cnn(C2CCN(C(=O)OC(C)(C)C)CC2)c1. The van der Waals surface area contributed by atoms with Crippen LogP contribution in [0.4, 0.5) is 4.79 Å². The number of nitrogens with zero attached hydrogens (tertiary/aromatic N) is 3. The van der Waals surface area contributed by atoms with Gasteiger partial charge in [-0.05, 0) is 63.6 Å². The fourth-order valence-electron chi connectivity index (χ4n) is 3.77. The second kappa shape index (κ2) is 8.90. The van der Waals surface area contributed by atoms with Gasteiger partial charge in [-0.25, -0.2) is 4.79 Å². The van der Waals surface area contributed by atoms with Crippen LogP contribution in [0, 0.1) is 6.92 Å². The van der Waals surface area contributed by atoms with E-state index >= 15 is 0 Å². The fourth-order valence-corrected chi connectivity index (χ4v) is 3.77. The van der Waals surface area contributed by atoms with E-state index in [1.54, 1.807) is 4.90 Å². The number of hydrogen-bond acceptors (Lipinski definition) is 4. The number of piperidine rings is 1. The monoisotopic (exact) mass is 413 g/mol. The Morgan fingerprint density at radius 2 is 1.93 bits per heavy atom. The van der Waals surface area contributed by atoms with Crippen LogP contribution in [0.25, 0.3) is 11.1 Å². The predicted octanol–water partition coefficient (Wildman–Crippen LogP) is 4.45. The minimum absolute atomic E-state index is 0.138. The van der Waals surface area contributed by atoms with Gasteiger partial charge >= 0.3 is 12.1 Å². The first-order valence-electron chi connectivity index (χ1n) is 10.5. The third-order valence-electron chi connectivity index (χ3n) is 5.32. The molecule has 1 saturated heterocycles. The molecule has 0 saturated carbocycles. The average molecular weight is 414 g/mol. The Kier molecular flexibility index (Phi) is 6.48. The van der Waals surface area contributed by atoms with Crippen molar-refractivity contribution in [2.24, 2.45) is 0 Å². The van der Waals surface area contributed by atoms with Crippen molar-refractivity contribution in [1.82, 2.24) is 14.7 Å². The standard InChI is InChI=1S/C23H31N3O4/c1-16-13-17(6-8-21(27)28)5-7-20(16)18-14-24-26(15-18)19-9-11-25(12-10-19)22(29)30-23(2,3)4/h5,7,13-15,19H,6,8-12H2,1-4H3,(H,27,28). The van der Waals surface area contributed by atoms with Crippen LogP contribution in [0.5, 0.6) is 0 Å². The molecule has 1 aromatic carbocycles.